The van der Waals surface area contributed by atoms with Crippen LogP contribution in [0, 0.1) is 0 Å². The Morgan fingerprint density at radius 3 is 2.67 bits per heavy atom. The van der Waals surface area contributed by atoms with Crippen LogP contribution in [0.4, 0.5) is 8.78 Å². The van der Waals surface area contributed by atoms with Crippen molar-refractivity contribution in [2.45, 2.75) is 13.0 Å². The zero-order valence-corrected chi connectivity index (χ0v) is 8.96. The van der Waals surface area contributed by atoms with Gasteiger partial charge in [-0.25, -0.2) is 18.6 Å². The summed E-state index contributed by atoms with van der Waals surface area (Å²) in [6.07, 6.45) is -2.90. The minimum absolute atomic E-state index is 0.0115. The summed E-state index contributed by atoms with van der Waals surface area (Å²) in [5, 5.41) is 8.74. The third-order valence-electron chi connectivity index (χ3n) is 1.72. The van der Waals surface area contributed by atoms with E-state index in [2.05, 4.69) is 20.9 Å². The lowest BCUT2D eigenvalue weighted by Gasteiger charge is -2.08. The number of nitrogens with two attached hydrogens (primary N) is 1. The Morgan fingerprint density at radius 2 is 2.27 bits per heavy atom. The summed E-state index contributed by atoms with van der Waals surface area (Å²) in [5.74, 6) is -1.43. The second-order valence-corrected chi connectivity index (χ2v) is 3.43. The number of nitrogens with zero attached hydrogens (tertiary/aromatic N) is 1. The number of aromatic nitrogens is 1. The van der Waals surface area contributed by atoms with Crippen LogP contribution in [0.3, 0.4) is 0 Å². The van der Waals surface area contributed by atoms with Crippen molar-refractivity contribution in [3.05, 3.63) is 27.5 Å². The number of pyridine rings is 1. The van der Waals surface area contributed by atoms with Crippen LogP contribution in [0.1, 0.15) is 28.0 Å². The molecule has 0 aliphatic carbocycles. The van der Waals surface area contributed by atoms with E-state index in [-0.39, 0.29) is 16.8 Å². The molecule has 0 aliphatic heterocycles. The molecule has 0 amide bonds. The van der Waals surface area contributed by atoms with E-state index in [0.717, 1.165) is 6.07 Å². The van der Waals surface area contributed by atoms with Crippen molar-refractivity contribution in [2.75, 3.05) is 0 Å². The number of carboxylic acid groups (broad SMARTS) is 1. The molecule has 15 heavy (non-hydrogen) atoms. The molecule has 0 bridgehead atoms. The van der Waals surface area contributed by atoms with Crippen molar-refractivity contribution < 1.29 is 18.7 Å². The summed E-state index contributed by atoms with van der Waals surface area (Å²) in [7, 11) is 0. The Kier molecular flexibility index (Phi) is 3.70. The van der Waals surface area contributed by atoms with E-state index >= 15 is 0 Å². The zero-order chi connectivity index (χ0) is 11.6. The average molecular weight is 281 g/mol. The quantitative estimate of drug-likeness (QED) is 0.830. The summed E-state index contributed by atoms with van der Waals surface area (Å²) >= 11 is 2.80. The molecule has 1 aromatic rings. The van der Waals surface area contributed by atoms with Crippen LogP contribution in [0.2, 0.25) is 0 Å². The molecule has 0 saturated heterocycles. The summed E-state index contributed by atoms with van der Waals surface area (Å²) in [5.41, 5.74) is 4.39. The normalized spacial score (nSPS) is 10.7. The van der Waals surface area contributed by atoms with Gasteiger partial charge in [0.05, 0.1) is 16.8 Å². The third-order valence-corrected chi connectivity index (χ3v) is 2.33. The predicted octanol–water partition coefficient (Wildman–Crippen LogP) is 1.94. The first-order chi connectivity index (χ1) is 6.97. The summed E-state index contributed by atoms with van der Waals surface area (Å²) in [4.78, 5) is 14.4. The van der Waals surface area contributed by atoms with Gasteiger partial charge in [-0.1, -0.05) is 0 Å². The second-order valence-electron chi connectivity index (χ2n) is 2.68. The van der Waals surface area contributed by atoms with Crippen LogP contribution in [-0.4, -0.2) is 16.1 Å². The Bertz CT molecular complexity index is 398. The van der Waals surface area contributed by atoms with Gasteiger partial charge in [0, 0.05) is 6.54 Å². The largest absolute Gasteiger partial charge is 0.478 e. The summed E-state index contributed by atoms with van der Waals surface area (Å²) in [6.45, 7) is -0.0115. The molecular formula is C8H7BrF2N2O2. The van der Waals surface area contributed by atoms with Gasteiger partial charge in [-0.2, -0.15) is 0 Å². The first kappa shape index (κ1) is 12.0. The van der Waals surface area contributed by atoms with Gasteiger partial charge in [0.25, 0.3) is 6.43 Å². The van der Waals surface area contributed by atoms with E-state index in [0.29, 0.717) is 0 Å². The number of carboxylic acids is 1. The summed E-state index contributed by atoms with van der Waals surface area (Å²) in [6, 6.07) is 1.05. The highest BCUT2D eigenvalue weighted by Gasteiger charge is 2.22. The molecule has 82 valence electrons. The fourth-order valence-corrected chi connectivity index (χ4v) is 1.68. The third kappa shape index (κ3) is 2.48. The number of halogens is 3. The molecule has 3 N–H and O–H groups in total. The number of rotatable bonds is 3. The van der Waals surface area contributed by atoms with Gasteiger partial charge in [0.1, 0.15) is 4.60 Å². The molecule has 0 spiro atoms. The maximum absolute atomic E-state index is 12.5. The smallest absolute Gasteiger partial charge is 0.336 e. The molecule has 0 fully saturated rings. The Balaban J connectivity index is 3.42. The number of aromatic carboxylic acids is 1. The maximum atomic E-state index is 12.5. The Hall–Kier alpha value is -1.08. The van der Waals surface area contributed by atoms with E-state index in [4.69, 9.17) is 10.8 Å². The van der Waals surface area contributed by atoms with Crippen LogP contribution < -0.4 is 5.73 Å². The molecule has 7 heteroatoms. The first-order valence-corrected chi connectivity index (χ1v) is 4.67. The van der Waals surface area contributed by atoms with Crippen molar-refractivity contribution in [1.82, 2.24) is 4.98 Å². The van der Waals surface area contributed by atoms with E-state index < -0.39 is 23.5 Å². The molecule has 1 heterocycles. The number of alkyl halides is 2. The zero-order valence-electron chi connectivity index (χ0n) is 7.38. The van der Waals surface area contributed by atoms with Gasteiger partial charge in [0.2, 0.25) is 0 Å². The van der Waals surface area contributed by atoms with Crippen molar-refractivity contribution in [3.8, 4) is 0 Å². The molecule has 1 rings (SSSR count). The second kappa shape index (κ2) is 4.63. The molecule has 0 saturated carbocycles. The fraction of sp³-hybridized carbons (Fsp3) is 0.250. The molecule has 0 aliphatic rings. The lowest BCUT2D eigenvalue weighted by Crippen LogP contribution is -2.09. The van der Waals surface area contributed by atoms with Gasteiger partial charge in [-0.05, 0) is 22.0 Å². The Labute approximate surface area is 92.2 Å². The molecule has 0 atom stereocenters. The van der Waals surface area contributed by atoms with Gasteiger partial charge in [-0.3, -0.25) is 0 Å². The highest BCUT2D eigenvalue weighted by atomic mass is 79.9. The topological polar surface area (TPSA) is 76.2 Å². The number of hydrogen-bond donors (Lipinski definition) is 2. The van der Waals surface area contributed by atoms with E-state index in [1.807, 2.05) is 0 Å². The number of carbonyl (C=O) groups is 1. The SMILES string of the molecule is NCc1cc(C(=O)O)c(C(F)F)c(Br)n1. The Morgan fingerprint density at radius 1 is 1.67 bits per heavy atom. The minimum Gasteiger partial charge on any atom is -0.478 e. The van der Waals surface area contributed by atoms with Gasteiger partial charge >= 0.3 is 5.97 Å². The molecular weight excluding hydrogens is 274 g/mol. The lowest BCUT2D eigenvalue weighted by molar-refractivity contribution is 0.0683. The van der Waals surface area contributed by atoms with E-state index in [1.54, 1.807) is 0 Å². The first-order valence-electron chi connectivity index (χ1n) is 3.88. The van der Waals surface area contributed by atoms with Crippen LogP contribution in [0.5, 0.6) is 0 Å². The van der Waals surface area contributed by atoms with Crippen molar-refractivity contribution in [1.29, 1.82) is 0 Å². The average Bonchev–Trinajstić information content (AvgIpc) is 2.15. The molecule has 0 unspecified atom stereocenters. The van der Waals surface area contributed by atoms with Gasteiger partial charge in [-0.15, -0.1) is 0 Å². The van der Waals surface area contributed by atoms with Crippen LogP contribution >= 0.6 is 15.9 Å². The van der Waals surface area contributed by atoms with Crippen molar-refractivity contribution >= 4 is 21.9 Å². The molecule has 4 nitrogen and oxygen atoms in total. The molecule has 1 aromatic heterocycles. The van der Waals surface area contributed by atoms with Crippen LogP contribution in [0.25, 0.3) is 0 Å². The maximum Gasteiger partial charge on any atom is 0.336 e. The van der Waals surface area contributed by atoms with Crippen LogP contribution in [0.15, 0.2) is 10.7 Å². The monoisotopic (exact) mass is 280 g/mol. The highest BCUT2D eigenvalue weighted by Crippen LogP contribution is 2.29. The van der Waals surface area contributed by atoms with E-state index in [9.17, 15) is 13.6 Å². The lowest BCUT2D eigenvalue weighted by atomic mass is 10.1. The van der Waals surface area contributed by atoms with Crippen molar-refractivity contribution in [2.24, 2.45) is 5.73 Å². The predicted molar refractivity (Wildman–Crippen MR) is 51.7 cm³/mol. The number of hydrogen-bond acceptors (Lipinski definition) is 3. The highest BCUT2D eigenvalue weighted by molar-refractivity contribution is 9.10. The fourth-order valence-electron chi connectivity index (χ4n) is 1.06. The van der Waals surface area contributed by atoms with Gasteiger partial charge in [0.15, 0.2) is 0 Å². The van der Waals surface area contributed by atoms with Crippen molar-refractivity contribution in [3.63, 3.8) is 0 Å². The molecule has 0 radical (unpaired) electrons. The molecule has 0 aromatic carbocycles. The van der Waals surface area contributed by atoms with Crippen LogP contribution in [-0.2, 0) is 6.54 Å². The summed E-state index contributed by atoms with van der Waals surface area (Å²) < 4.78 is 24.9. The minimum atomic E-state index is -2.90. The standard InChI is InChI=1S/C8H7BrF2N2O2/c9-6-5(7(10)11)4(8(14)15)1-3(2-12)13-6/h1,7H,2,12H2,(H,14,15). The van der Waals surface area contributed by atoms with E-state index in [1.165, 1.54) is 0 Å². The van der Waals surface area contributed by atoms with Gasteiger partial charge < -0.3 is 10.8 Å².